The van der Waals surface area contributed by atoms with Gasteiger partial charge in [0, 0.05) is 52.2 Å². The summed E-state index contributed by atoms with van der Waals surface area (Å²) in [4.78, 5) is 8.97. The molecule has 0 bridgehead atoms. The molecular weight excluding hydrogens is 340 g/mol. The summed E-state index contributed by atoms with van der Waals surface area (Å²) in [7, 11) is 1.66. The van der Waals surface area contributed by atoms with Gasteiger partial charge >= 0.3 is 0 Å². The van der Waals surface area contributed by atoms with E-state index in [4.69, 9.17) is 0 Å². The minimum atomic E-state index is -3.34. The van der Waals surface area contributed by atoms with Crippen molar-refractivity contribution < 1.29 is 8.42 Å². The molecule has 8 nitrogen and oxygen atoms in total. The molecule has 0 aliphatic carbocycles. The van der Waals surface area contributed by atoms with Gasteiger partial charge in [-0.3, -0.25) is 14.6 Å². The Bertz CT molecular complexity index is 815. The lowest BCUT2D eigenvalue weighted by atomic mass is 9.95. The van der Waals surface area contributed by atoms with Crippen molar-refractivity contribution in [3.05, 3.63) is 30.5 Å². The Balaban J connectivity index is 1.66. The zero-order valence-electron chi connectivity index (χ0n) is 14.8. The standard InChI is InChI=1S/C16H24N6O2S/c1-20(2)25(23,24)22-6-4-5-13(11-22)7-15-9-18-16(10-17-15)14-8-19-21(3)12-14/h8-10,12-13H,4-7,11H2,1-3H3/t13-/m1/s1. The average molecular weight is 364 g/mol. The maximum Gasteiger partial charge on any atom is 0.281 e. The van der Waals surface area contributed by atoms with Gasteiger partial charge in [0.1, 0.15) is 0 Å². The molecule has 1 aliphatic heterocycles. The molecule has 0 saturated carbocycles. The van der Waals surface area contributed by atoms with Crippen molar-refractivity contribution in [1.29, 1.82) is 0 Å². The summed E-state index contributed by atoms with van der Waals surface area (Å²) >= 11 is 0. The molecule has 0 spiro atoms. The predicted molar refractivity (Wildman–Crippen MR) is 94.8 cm³/mol. The Morgan fingerprint density at radius 2 is 2.04 bits per heavy atom. The zero-order valence-corrected chi connectivity index (χ0v) is 15.6. The molecule has 3 rings (SSSR count). The average Bonchev–Trinajstić information content (AvgIpc) is 3.02. The molecule has 0 N–H and O–H groups in total. The number of nitrogens with zero attached hydrogens (tertiary/aromatic N) is 6. The zero-order chi connectivity index (χ0) is 18.0. The third-order valence-corrected chi connectivity index (χ3v) is 6.38. The first-order valence-corrected chi connectivity index (χ1v) is 9.73. The van der Waals surface area contributed by atoms with Crippen molar-refractivity contribution in [2.45, 2.75) is 19.3 Å². The highest BCUT2D eigenvalue weighted by Gasteiger charge is 2.30. The van der Waals surface area contributed by atoms with Crippen LogP contribution in [0.4, 0.5) is 0 Å². The predicted octanol–water partition coefficient (Wildman–Crippen LogP) is 0.938. The monoisotopic (exact) mass is 364 g/mol. The first-order valence-electron chi connectivity index (χ1n) is 8.34. The van der Waals surface area contributed by atoms with Gasteiger partial charge in [0.15, 0.2) is 0 Å². The van der Waals surface area contributed by atoms with Crippen LogP contribution in [0.3, 0.4) is 0 Å². The van der Waals surface area contributed by atoms with E-state index < -0.39 is 10.2 Å². The van der Waals surface area contributed by atoms with Gasteiger partial charge in [0.2, 0.25) is 0 Å². The molecule has 1 fully saturated rings. The van der Waals surface area contributed by atoms with Gasteiger partial charge < -0.3 is 0 Å². The highest BCUT2D eigenvalue weighted by molar-refractivity contribution is 7.86. The van der Waals surface area contributed by atoms with E-state index in [1.54, 1.807) is 41.7 Å². The van der Waals surface area contributed by atoms with Gasteiger partial charge in [-0.25, -0.2) is 0 Å². The molecule has 0 unspecified atom stereocenters. The lowest BCUT2D eigenvalue weighted by molar-refractivity contribution is 0.253. The van der Waals surface area contributed by atoms with E-state index in [0.29, 0.717) is 13.1 Å². The van der Waals surface area contributed by atoms with Crippen LogP contribution in [0.25, 0.3) is 11.3 Å². The van der Waals surface area contributed by atoms with Crippen LogP contribution in [0.2, 0.25) is 0 Å². The summed E-state index contributed by atoms with van der Waals surface area (Å²) in [6, 6.07) is 0. The van der Waals surface area contributed by atoms with E-state index >= 15 is 0 Å². The van der Waals surface area contributed by atoms with E-state index in [1.807, 2.05) is 13.2 Å². The molecule has 3 heterocycles. The van der Waals surface area contributed by atoms with Crippen LogP contribution < -0.4 is 0 Å². The Morgan fingerprint density at radius 3 is 2.64 bits per heavy atom. The molecule has 0 amide bonds. The molecular formula is C16H24N6O2S. The topological polar surface area (TPSA) is 84.2 Å². The van der Waals surface area contributed by atoms with Gasteiger partial charge in [-0.15, -0.1) is 0 Å². The minimum Gasteiger partial charge on any atom is -0.275 e. The maximum absolute atomic E-state index is 12.3. The Hall–Kier alpha value is -1.84. The van der Waals surface area contributed by atoms with Crippen LogP contribution in [0.15, 0.2) is 24.8 Å². The Morgan fingerprint density at radius 1 is 1.24 bits per heavy atom. The van der Waals surface area contributed by atoms with Crippen molar-refractivity contribution in [1.82, 2.24) is 28.4 Å². The molecule has 2 aromatic heterocycles. The number of rotatable bonds is 5. The fraction of sp³-hybridized carbons (Fsp3) is 0.562. The Kier molecular flexibility index (Phi) is 5.16. The van der Waals surface area contributed by atoms with E-state index in [9.17, 15) is 8.42 Å². The number of aromatic nitrogens is 4. The number of piperidine rings is 1. The molecule has 9 heteroatoms. The maximum atomic E-state index is 12.3. The summed E-state index contributed by atoms with van der Waals surface area (Å²) in [6.07, 6.45) is 9.80. The van der Waals surface area contributed by atoms with Crippen molar-refractivity contribution in [2.24, 2.45) is 13.0 Å². The van der Waals surface area contributed by atoms with E-state index in [-0.39, 0.29) is 5.92 Å². The second-order valence-electron chi connectivity index (χ2n) is 6.66. The van der Waals surface area contributed by atoms with Crippen LogP contribution in [-0.2, 0) is 23.7 Å². The second kappa shape index (κ2) is 7.19. The number of hydrogen-bond donors (Lipinski definition) is 0. The smallest absolute Gasteiger partial charge is 0.275 e. The minimum absolute atomic E-state index is 0.266. The van der Waals surface area contributed by atoms with Gasteiger partial charge in [0.05, 0.1) is 23.8 Å². The molecule has 25 heavy (non-hydrogen) atoms. The van der Waals surface area contributed by atoms with Crippen LogP contribution >= 0.6 is 0 Å². The molecule has 1 aliphatic rings. The second-order valence-corrected chi connectivity index (χ2v) is 8.80. The summed E-state index contributed by atoms with van der Waals surface area (Å²) in [5.74, 6) is 0.266. The normalized spacial score (nSPS) is 19.4. The quantitative estimate of drug-likeness (QED) is 0.788. The third kappa shape index (κ3) is 4.05. The van der Waals surface area contributed by atoms with Crippen molar-refractivity contribution in [2.75, 3.05) is 27.2 Å². The molecule has 0 radical (unpaired) electrons. The molecule has 1 atom stereocenters. The summed E-state index contributed by atoms with van der Waals surface area (Å²) in [5, 5.41) is 4.14. The van der Waals surface area contributed by atoms with Gasteiger partial charge in [-0.2, -0.15) is 22.1 Å². The van der Waals surface area contributed by atoms with Crippen LogP contribution in [0, 0.1) is 5.92 Å². The van der Waals surface area contributed by atoms with E-state index in [0.717, 1.165) is 36.2 Å². The molecule has 2 aromatic rings. The first-order chi connectivity index (χ1) is 11.9. The largest absolute Gasteiger partial charge is 0.281 e. The highest BCUT2D eigenvalue weighted by Crippen LogP contribution is 2.23. The third-order valence-electron chi connectivity index (χ3n) is 4.47. The van der Waals surface area contributed by atoms with Gasteiger partial charge in [0.25, 0.3) is 10.2 Å². The van der Waals surface area contributed by atoms with Crippen LogP contribution in [0.1, 0.15) is 18.5 Å². The molecule has 0 aromatic carbocycles. The fourth-order valence-corrected chi connectivity index (χ4v) is 4.31. The van der Waals surface area contributed by atoms with Crippen molar-refractivity contribution in [3.63, 3.8) is 0 Å². The molecule has 1 saturated heterocycles. The first kappa shape index (κ1) is 18.0. The highest BCUT2D eigenvalue weighted by atomic mass is 32.2. The van der Waals surface area contributed by atoms with Gasteiger partial charge in [-0.1, -0.05) is 0 Å². The number of hydrogen-bond acceptors (Lipinski definition) is 5. The summed E-state index contributed by atoms with van der Waals surface area (Å²) in [6.45, 7) is 1.12. The SMILES string of the molecule is CN(C)S(=O)(=O)N1CCC[C@H](Cc2cnc(-c3cnn(C)c3)cn2)C1. The summed E-state index contributed by atoms with van der Waals surface area (Å²) in [5.41, 5.74) is 2.61. The van der Waals surface area contributed by atoms with Crippen molar-refractivity contribution in [3.8, 4) is 11.3 Å². The molecule has 136 valence electrons. The van der Waals surface area contributed by atoms with Crippen LogP contribution in [-0.4, -0.2) is 64.0 Å². The van der Waals surface area contributed by atoms with E-state index in [1.165, 1.54) is 4.31 Å². The Labute approximate surface area is 148 Å². The van der Waals surface area contributed by atoms with Gasteiger partial charge in [-0.05, 0) is 25.2 Å². The summed E-state index contributed by atoms with van der Waals surface area (Å²) < 4.78 is 29.2. The van der Waals surface area contributed by atoms with E-state index in [2.05, 4.69) is 15.1 Å². The lowest BCUT2D eigenvalue weighted by Gasteiger charge is -2.33. The van der Waals surface area contributed by atoms with Crippen LogP contribution in [0.5, 0.6) is 0 Å². The number of aryl methyl sites for hydroxylation is 1. The van der Waals surface area contributed by atoms with Crippen molar-refractivity contribution >= 4 is 10.2 Å². The fourth-order valence-electron chi connectivity index (χ4n) is 3.09. The lowest BCUT2D eigenvalue weighted by Crippen LogP contribution is -2.45.